The van der Waals surface area contributed by atoms with Crippen molar-refractivity contribution >= 4 is 10.8 Å². The summed E-state index contributed by atoms with van der Waals surface area (Å²) in [5, 5.41) is 13.3. The van der Waals surface area contributed by atoms with Crippen molar-refractivity contribution in [2.45, 2.75) is 25.3 Å². The minimum Gasteiger partial charge on any atom is -0.508 e. The number of aryl methyl sites for hydroxylation is 1. The summed E-state index contributed by atoms with van der Waals surface area (Å²) >= 11 is 0. The fourth-order valence-corrected chi connectivity index (χ4v) is 5.58. The first-order valence-electron chi connectivity index (χ1n) is 13.9. The van der Waals surface area contributed by atoms with E-state index in [0.717, 1.165) is 37.1 Å². The average Bonchev–Trinajstić information content (AvgIpc) is 3.72. The van der Waals surface area contributed by atoms with Crippen molar-refractivity contribution in [1.29, 1.82) is 0 Å². The van der Waals surface area contributed by atoms with E-state index in [4.69, 9.17) is 0 Å². The minimum atomic E-state index is 0. The molecule has 1 aliphatic heterocycles. The molecule has 3 nitrogen and oxygen atoms in total. The minimum absolute atomic E-state index is 0. The van der Waals surface area contributed by atoms with Crippen LogP contribution in [0.3, 0.4) is 0 Å². The van der Waals surface area contributed by atoms with Crippen LogP contribution in [0.25, 0.3) is 10.8 Å². The number of nitrogens with zero attached hydrogens (tertiary/aromatic N) is 2. The van der Waals surface area contributed by atoms with Gasteiger partial charge in [-0.3, -0.25) is 4.90 Å². The molecule has 5 aromatic rings. The Morgan fingerprint density at radius 1 is 0.744 bits per heavy atom. The fraction of sp³-hybridized carbons (Fsp3) is 0.257. The molecular formula is C35H38FeN2O. The molecule has 0 radical (unpaired) electrons. The Morgan fingerprint density at radius 2 is 1.44 bits per heavy atom. The van der Waals surface area contributed by atoms with Gasteiger partial charge < -0.3 is 10.0 Å². The zero-order valence-corrected chi connectivity index (χ0v) is 23.6. The smallest absolute Gasteiger partial charge is 0.508 e. The Kier molecular flexibility index (Phi) is 11.0. The molecule has 1 atom stereocenters. The monoisotopic (exact) mass is 558 g/mol. The second-order valence-electron chi connectivity index (χ2n) is 10.1. The summed E-state index contributed by atoms with van der Waals surface area (Å²) in [7, 11) is 0. The molecule has 1 fully saturated rings. The molecule has 0 saturated carbocycles. The summed E-state index contributed by atoms with van der Waals surface area (Å²) in [4.78, 5) is 5.16. The SMILES string of the molecule is Oc1ccc2ccccc2c1C(c1ccccc1)N1CCN(CCCC[c-]2cccc2)CC1.[Fe+2].c1cc[cH-]c1. The van der Waals surface area contributed by atoms with Crippen molar-refractivity contribution in [2.24, 2.45) is 0 Å². The molecule has 1 N–H and O–H groups in total. The van der Waals surface area contributed by atoms with Crippen LogP contribution in [-0.4, -0.2) is 47.6 Å². The van der Waals surface area contributed by atoms with Crippen molar-refractivity contribution in [3.8, 4) is 5.75 Å². The molecule has 0 bridgehead atoms. The van der Waals surface area contributed by atoms with Crippen LogP contribution < -0.4 is 0 Å². The molecular weight excluding hydrogens is 520 g/mol. The van der Waals surface area contributed by atoms with Crippen LogP contribution in [0, 0.1) is 0 Å². The van der Waals surface area contributed by atoms with E-state index in [1.54, 1.807) is 0 Å². The molecule has 0 amide bonds. The average molecular weight is 559 g/mol. The number of rotatable bonds is 8. The molecule has 1 unspecified atom stereocenters. The van der Waals surface area contributed by atoms with Gasteiger partial charge in [-0.25, -0.2) is 24.3 Å². The Morgan fingerprint density at radius 3 is 2.13 bits per heavy atom. The molecule has 0 spiro atoms. The van der Waals surface area contributed by atoms with Crippen LogP contribution in [0.2, 0.25) is 0 Å². The number of aromatic hydroxyl groups is 1. The quantitative estimate of drug-likeness (QED) is 0.122. The van der Waals surface area contributed by atoms with Gasteiger partial charge in [-0.05, 0) is 35.4 Å². The molecule has 1 heterocycles. The first-order valence-corrected chi connectivity index (χ1v) is 13.9. The second-order valence-corrected chi connectivity index (χ2v) is 10.1. The van der Waals surface area contributed by atoms with Crippen LogP contribution in [0.4, 0.5) is 0 Å². The van der Waals surface area contributed by atoms with E-state index >= 15 is 0 Å². The van der Waals surface area contributed by atoms with Crippen molar-refractivity contribution in [2.75, 3.05) is 32.7 Å². The number of hydrogen-bond acceptors (Lipinski definition) is 3. The fourth-order valence-electron chi connectivity index (χ4n) is 5.58. The summed E-state index contributed by atoms with van der Waals surface area (Å²) in [5.41, 5.74) is 3.73. The summed E-state index contributed by atoms with van der Waals surface area (Å²) in [5.74, 6) is 0.387. The number of phenolic OH excluding ortho intramolecular Hbond substituents is 1. The summed E-state index contributed by atoms with van der Waals surface area (Å²) in [6, 6.07) is 41.7. The van der Waals surface area contributed by atoms with Gasteiger partial charge in [0.15, 0.2) is 0 Å². The number of piperazine rings is 1. The molecule has 6 rings (SSSR count). The van der Waals surface area contributed by atoms with Crippen LogP contribution in [-0.2, 0) is 23.5 Å². The number of benzene rings is 3. The van der Waals surface area contributed by atoms with Gasteiger partial charge in [-0.2, -0.15) is 35.9 Å². The number of hydrogen-bond donors (Lipinski definition) is 1. The van der Waals surface area contributed by atoms with Crippen molar-refractivity contribution < 1.29 is 22.2 Å². The van der Waals surface area contributed by atoms with E-state index in [9.17, 15) is 5.11 Å². The normalized spacial score (nSPS) is 14.8. The third-order valence-corrected chi connectivity index (χ3v) is 7.59. The van der Waals surface area contributed by atoms with Crippen LogP contribution >= 0.6 is 0 Å². The van der Waals surface area contributed by atoms with E-state index in [0.29, 0.717) is 5.75 Å². The summed E-state index contributed by atoms with van der Waals surface area (Å²) in [6.07, 6.45) is 3.68. The largest absolute Gasteiger partial charge is 2.00 e. The predicted molar refractivity (Wildman–Crippen MR) is 159 cm³/mol. The Hall–Kier alpha value is -3.14. The van der Waals surface area contributed by atoms with Gasteiger partial charge >= 0.3 is 17.1 Å². The molecule has 39 heavy (non-hydrogen) atoms. The van der Waals surface area contributed by atoms with Crippen LogP contribution in [0.5, 0.6) is 5.75 Å². The molecule has 1 saturated heterocycles. The maximum Gasteiger partial charge on any atom is 2.00 e. The van der Waals surface area contributed by atoms with E-state index in [2.05, 4.69) is 88.7 Å². The van der Waals surface area contributed by atoms with Crippen LogP contribution in [0.1, 0.15) is 35.6 Å². The summed E-state index contributed by atoms with van der Waals surface area (Å²) in [6.45, 7) is 5.33. The Labute approximate surface area is 243 Å². The van der Waals surface area contributed by atoms with Gasteiger partial charge in [0.25, 0.3) is 0 Å². The predicted octanol–water partition coefficient (Wildman–Crippen LogP) is 7.40. The van der Waals surface area contributed by atoms with Gasteiger partial charge in [0.2, 0.25) is 0 Å². The van der Waals surface area contributed by atoms with E-state index in [1.165, 1.54) is 42.3 Å². The molecule has 0 aliphatic carbocycles. The van der Waals surface area contributed by atoms with E-state index in [-0.39, 0.29) is 23.1 Å². The number of phenols is 1. The zero-order chi connectivity index (χ0) is 26.0. The first kappa shape index (κ1) is 28.9. The first-order chi connectivity index (χ1) is 18.8. The molecule has 4 heteroatoms. The van der Waals surface area contributed by atoms with Gasteiger partial charge in [0, 0.05) is 31.7 Å². The van der Waals surface area contributed by atoms with Crippen molar-refractivity contribution in [3.05, 3.63) is 138 Å². The van der Waals surface area contributed by atoms with Crippen molar-refractivity contribution in [3.63, 3.8) is 0 Å². The molecule has 5 aromatic carbocycles. The van der Waals surface area contributed by atoms with Crippen molar-refractivity contribution in [1.82, 2.24) is 9.80 Å². The summed E-state index contributed by atoms with van der Waals surface area (Å²) < 4.78 is 0. The number of unbranched alkanes of at least 4 members (excludes halogenated alkanes) is 1. The maximum absolute atomic E-state index is 11.0. The third kappa shape index (κ3) is 7.71. The molecule has 1 aliphatic rings. The van der Waals surface area contributed by atoms with E-state index < -0.39 is 0 Å². The topological polar surface area (TPSA) is 26.7 Å². The Bertz CT molecular complexity index is 1320. The molecule has 202 valence electrons. The Balaban J connectivity index is 0.000000530. The second kappa shape index (κ2) is 14.9. The van der Waals surface area contributed by atoms with Gasteiger partial charge in [0.05, 0.1) is 6.04 Å². The van der Waals surface area contributed by atoms with Gasteiger partial charge in [-0.15, -0.1) is 0 Å². The van der Waals surface area contributed by atoms with Crippen LogP contribution in [0.15, 0.2) is 121 Å². The van der Waals surface area contributed by atoms with Gasteiger partial charge in [-0.1, -0.05) is 73.5 Å². The van der Waals surface area contributed by atoms with Gasteiger partial charge in [0.1, 0.15) is 5.75 Å². The number of fused-ring (bicyclic) bond motifs is 1. The van der Waals surface area contributed by atoms with E-state index in [1.807, 2.05) is 42.5 Å². The molecule has 0 aromatic heterocycles. The zero-order valence-electron chi connectivity index (χ0n) is 22.5. The third-order valence-electron chi connectivity index (χ3n) is 7.59. The standard InChI is InChI=1S/C30H33N2O.C5H5.Fe/c33-28-18-17-25-13-6-7-16-27(25)29(28)30(26-14-2-1-3-15-26)32-22-20-31(21-23-32)19-9-8-12-24-10-4-5-11-24;1-2-4-5-3-1;/h1-7,10-11,13-18,30,33H,8-9,12,19-23H2;1-5H;/q2*-1;+2. The maximum atomic E-state index is 11.0.